The zero-order valence-electron chi connectivity index (χ0n) is 19.2. The molecule has 178 valence electrons. The van der Waals surface area contributed by atoms with Crippen molar-refractivity contribution in [2.24, 2.45) is 5.92 Å². The first-order valence-electron chi connectivity index (χ1n) is 11.5. The first-order valence-corrected chi connectivity index (χ1v) is 11.5. The van der Waals surface area contributed by atoms with E-state index in [-0.39, 0.29) is 17.7 Å². The molecular weight excluding hydrogens is 434 g/mol. The molecular formula is C26H29N3O5. The maximum absolute atomic E-state index is 13.1. The molecule has 0 bridgehead atoms. The first kappa shape index (κ1) is 23.4. The average molecular weight is 464 g/mol. The number of rotatable bonds is 9. The quantitative estimate of drug-likeness (QED) is 0.519. The van der Waals surface area contributed by atoms with Crippen molar-refractivity contribution in [2.75, 3.05) is 19.7 Å². The Kier molecular flexibility index (Phi) is 7.80. The lowest BCUT2D eigenvalue weighted by Gasteiger charge is -2.31. The van der Waals surface area contributed by atoms with Gasteiger partial charge in [0, 0.05) is 37.0 Å². The fourth-order valence-electron chi connectivity index (χ4n) is 3.93. The number of nitrogens with one attached hydrogen (secondary N) is 1. The third-order valence-electron chi connectivity index (χ3n) is 5.80. The number of carbonyl (C=O) groups excluding carboxylic acids is 2. The molecule has 3 aromatic rings. The Hall–Kier alpha value is -3.81. The summed E-state index contributed by atoms with van der Waals surface area (Å²) >= 11 is 0. The molecule has 4 rings (SSSR count). The van der Waals surface area contributed by atoms with Crippen LogP contribution in [0.25, 0.3) is 0 Å². The summed E-state index contributed by atoms with van der Waals surface area (Å²) in [4.78, 5) is 31.4. The second kappa shape index (κ2) is 11.4. The van der Waals surface area contributed by atoms with Gasteiger partial charge in [-0.1, -0.05) is 0 Å². The molecule has 0 atom stereocenters. The van der Waals surface area contributed by atoms with Gasteiger partial charge in [0.05, 0.1) is 19.4 Å². The number of aromatic nitrogens is 1. The number of hydrogen-bond acceptors (Lipinski definition) is 6. The van der Waals surface area contributed by atoms with Gasteiger partial charge in [-0.15, -0.1) is 0 Å². The maximum atomic E-state index is 13.1. The molecule has 1 aliphatic rings. The van der Waals surface area contributed by atoms with Crippen molar-refractivity contribution < 1.29 is 23.5 Å². The smallest absolute Gasteiger partial charge is 0.253 e. The molecule has 0 saturated carbocycles. The summed E-state index contributed by atoms with van der Waals surface area (Å²) in [5.74, 6) is 1.66. The number of ether oxygens (including phenoxy) is 2. The number of nitrogens with zero attached hydrogens (tertiary/aromatic N) is 2. The lowest BCUT2D eigenvalue weighted by molar-refractivity contribution is -0.126. The van der Waals surface area contributed by atoms with Gasteiger partial charge < -0.3 is 24.1 Å². The zero-order valence-corrected chi connectivity index (χ0v) is 19.2. The summed E-state index contributed by atoms with van der Waals surface area (Å²) < 4.78 is 16.9. The number of piperidine rings is 1. The molecule has 34 heavy (non-hydrogen) atoms. The van der Waals surface area contributed by atoms with Crippen LogP contribution in [0.4, 0.5) is 0 Å². The normalized spacial score (nSPS) is 14.0. The van der Waals surface area contributed by atoms with Crippen molar-refractivity contribution >= 4 is 11.8 Å². The van der Waals surface area contributed by atoms with E-state index in [0.717, 1.165) is 11.3 Å². The largest absolute Gasteiger partial charge is 0.490 e. The minimum absolute atomic E-state index is 0.00201. The highest BCUT2D eigenvalue weighted by atomic mass is 16.5. The lowest BCUT2D eigenvalue weighted by atomic mass is 9.95. The molecule has 1 aliphatic heterocycles. The van der Waals surface area contributed by atoms with Crippen LogP contribution in [0, 0.1) is 5.92 Å². The second-order valence-electron chi connectivity index (χ2n) is 8.10. The fourth-order valence-corrected chi connectivity index (χ4v) is 3.93. The molecule has 1 fully saturated rings. The highest BCUT2D eigenvalue weighted by Gasteiger charge is 2.28. The van der Waals surface area contributed by atoms with Crippen LogP contribution in [-0.2, 0) is 17.9 Å². The van der Waals surface area contributed by atoms with Crippen molar-refractivity contribution in [3.63, 3.8) is 0 Å². The third kappa shape index (κ3) is 5.95. The minimum Gasteiger partial charge on any atom is -0.490 e. The van der Waals surface area contributed by atoms with Crippen molar-refractivity contribution in [2.45, 2.75) is 32.9 Å². The number of carbonyl (C=O) groups is 2. The molecule has 0 aliphatic carbocycles. The SMILES string of the molecule is CCOc1cc(C(=O)N2CCC(C(=O)NCc3ccco3)CC2)ccc1OCc1ccncc1. The molecule has 8 nitrogen and oxygen atoms in total. The van der Waals surface area contributed by atoms with Crippen LogP contribution in [0.1, 0.15) is 41.4 Å². The molecule has 3 heterocycles. The van der Waals surface area contributed by atoms with Gasteiger partial charge >= 0.3 is 0 Å². The Morgan fingerprint density at radius 3 is 2.59 bits per heavy atom. The van der Waals surface area contributed by atoms with E-state index in [9.17, 15) is 9.59 Å². The number of likely N-dealkylation sites (tertiary alicyclic amines) is 1. The van der Waals surface area contributed by atoms with Gasteiger partial charge in [-0.05, 0) is 67.8 Å². The molecule has 0 spiro atoms. The second-order valence-corrected chi connectivity index (χ2v) is 8.10. The summed E-state index contributed by atoms with van der Waals surface area (Å²) in [5.41, 5.74) is 1.54. The maximum Gasteiger partial charge on any atom is 0.253 e. The van der Waals surface area contributed by atoms with Crippen LogP contribution in [0.3, 0.4) is 0 Å². The van der Waals surface area contributed by atoms with Gasteiger partial charge in [-0.3, -0.25) is 14.6 Å². The number of amides is 2. The van der Waals surface area contributed by atoms with Crippen molar-refractivity contribution in [1.29, 1.82) is 0 Å². The van der Waals surface area contributed by atoms with Crippen molar-refractivity contribution in [3.05, 3.63) is 78.0 Å². The Bertz CT molecular complexity index is 1080. The van der Waals surface area contributed by atoms with Gasteiger partial charge in [0.1, 0.15) is 12.4 Å². The van der Waals surface area contributed by atoms with E-state index in [1.54, 1.807) is 47.8 Å². The predicted molar refractivity (Wildman–Crippen MR) is 125 cm³/mol. The minimum atomic E-state index is -0.109. The third-order valence-corrected chi connectivity index (χ3v) is 5.80. The highest BCUT2D eigenvalue weighted by molar-refractivity contribution is 5.95. The summed E-state index contributed by atoms with van der Waals surface area (Å²) in [5, 5.41) is 2.91. The average Bonchev–Trinajstić information content (AvgIpc) is 3.41. The summed E-state index contributed by atoms with van der Waals surface area (Å²) in [6, 6.07) is 12.7. The van der Waals surface area contributed by atoms with Gasteiger partial charge in [0.25, 0.3) is 5.91 Å². The standard InChI is InChI=1S/C26H29N3O5/c1-2-32-24-16-21(5-6-23(24)34-18-19-7-11-27-12-8-19)26(31)29-13-9-20(10-14-29)25(30)28-17-22-4-3-15-33-22/h3-8,11-12,15-16,20H,2,9-10,13-14,17-18H2,1H3,(H,28,30). The summed E-state index contributed by atoms with van der Waals surface area (Å²) in [6.07, 6.45) is 6.27. The van der Waals surface area contributed by atoms with Crippen LogP contribution >= 0.6 is 0 Å². The number of benzene rings is 1. The van der Waals surface area contributed by atoms with E-state index in [0.29, 0.717) is 62.8 Å². The van der Waals surface area contributed by atoms with Crippen LogP contribution in [-0.4, -0.2) is 41.4 Å². The van der Waals surface area contributed by atoms with E-state index in [1.807, 2.05) is 25.1 Å². The number of furan rings is 1. The van der Waals surface area contributed by atoms with E-state index in [2.05, 4.69) is 10.3 Å². The Morgan fingerprint density at radius 2 is 1.88 bits per heavy atom. The fraction of sp³-hybridized carbons (Fsp3) is 0.346. The molecule has 0 radical (unpaired) electrons. The summed E-state index contributed by atoms with van der Waals surface area (Å²) in [6.45, 7) is 4.17. The molecule has 0 unspecified atom stereocenters. The van der Waals surface area contributed by atoms with Crippen molar-refractivity contribution in [1.82, 2.24) is 15.2 Å². The van der Waals surface area contributed by atoms with E-state index in [4.69, 9.17) is 13.9 Å². The molecule has 8 heteroatoms. The Labute approximate surface area is 198 Å². The van der Waals surface area contributed by atoms with Crippen LogP contribution in [0.5, 0.6) is 11.5 Å². The molecule has 1 aromatic carbocycles. The van der Waals surface area contributed by atoms with E-state index in [1.165, 1.54) is 0 Å². The van der Waals surface area contributed by atoms with Gasteiger partial charge in [0.2, 0.25) is 5.91 Å². The highest BCUT2D eigenvalue weighted by Crippen LogP contribution is 2.30. The van der Waals surface area contributed by atoms with Crippen LogP contribution in [0.15, 0.2) is 65.5 Å². The Balaban J connectivity index is 1.33. The van der Waals surface area contributed by atoms with Gasteiger partial charge in [-0.25, -0.2) is 0 Å². The van der Waals surface area contributed by atoms with Gasteiger partial charge in [0.15, 0.2) is 11.5 Å². The number of hydrogen-bond donors (Lipinski definition) is 1. The zero-order chi connectivity index (χ0) is 23.8. The number of pyridine rings is 1. The van der Waals surface area contributed by atoms with Crippen molar-refractivity contribution in [3.8, 4) is 11.5 Å². The van der Waals surface area contributed by atoms with Gasteiger partial charge in [-0.2, -0.15) is 0 Å². The van der Waals surface area contributed by atoms with E-state index >= 15 is 0 Å². The molecule has 1 N–H and O–H groups in total. The first-order chi connectivity index (χ1) is 16.6. The Morgan fingerprint density at radius 1 is 1.09 bits per heavy atom. The van der Waals surface area contributed by atoms with Crippen LogP contribution in [0.2, 0.25) is 0 Å². The molecule has 2 amide bonds. The molecule has 2 aromatic heterocycles. The summed E-state index contributed by atoms with van der Waals surface area (Å²) in [7, 11) is 0. The van der Waals surface area contributed by atoms with Crippen LogP contribution < -0.4 is 14.8 Å². The topological polar surface area (TPSA) is 93.9 Å². The lowest BCUT2D eigenvalue weighted by Crippen LogP contribution is -2.42. The predicted octanol–water partition coefficient (Wildman–Crippen LogP) is 3.82. The van der Waals surface area contributed by atoms with E-state index < -0.39 is 0 Å². The monoisotopic (exact) mass is 463 g/mol. The molecule has 1 saturated heterocycles.